The van der Waals surface area contributed by atoms with Crippen molar-refractivity contribution in [3.8, 4) is 0 Å². The van der Waals surface area contributed by atoms with Gasteiger partial charge in [0.2, 0.25) is 5.91 Å². The average Bonchev–Trinajstić information content (AvgIpc) is 2.97. The number of imidazole rings is 1. The Bertz CT molecular complexity index is 730. The normalized spacial score (nSPS) is 16.0. The van der Waals surface area contributed by atoms with Gasteiger partial charge in [0, 0.05) is 25.9 Å². The number of hydrogen-bond donors (Lipinski definition) is 2. The molecule has 1 aromatic heterocycles. The molecule has 0 atom stereocenters. The fourth-order valence-electron chi connectivity index (χ4n) is 3.10. The van der Waals surface area contributed by atoms with Crippen LogP contribution in [0.4, 0.5) is 0 Å². The van der Waals surface area contributed by atoms with Crippen LogP contribution >= 0.6 is 0 Å². The number of likely N-dealkylation sites (tertiary alicyclic amines) is 1. The van der Waals surface area contributed by atoms with Crippen LogP contribution in [0.5, 0.6) is 0 Å². The van der Waals surface area contributed by atoms with Gasteiger partial charge in [0.1, 0.15) is 5.82 Å². The summed E-state index contributed by atoms with van der Waals surface area (Å²) in [5.41, 5.74) is 3.07. The standard InChI is InChI=1S/C17H21N3O3/c1-11-3-2-4-13-16(11)19-14(18-13)5-6-15(21)20-9-7-12(8-10-20)17(22)23/h2-4,12H,5-10H2,1H3,(H,18,19)(H,22,23). The monoisotopic (exact) mass is 315 g/mol. The smallest absolute Gasteiger partial charge is 0.306 e. The number of nitrogens with zero attached hydrogens (tertiary/aromatic N) is 2. The summed E-state index contributed by atoms with van der Waals surface area (Å²) in [5.74, 6) is -0.166. The van der Waals surface area contributed by atoms with Crippen LogP contribution in [-0.4, -0.2) is 44.9 Å². The third-order valence-electron chi connectivity index (χ3n) is 4.54. The first-order valence-corrected chi connectivity index (χ1v) is 7.99. The van der Waals surface area contributed by atoms with Crippen LogP contribution in [0.25, 0.3) is 11.0 Å². The topological polar surface area (TPSA) is 86.3 Å². The molecule has 0 saturated carbocycles. The van der Waals surface area contributed by atoms with E-state index in [0.717, 1.165) is 22.4 Å². The maximum absolute atomic E-state index is 12.3. The molecule has 0 radical (unpaired) electrons. The highest BCUT2D eigenvalue weighted by atomic mass is 16.4. The number of hydrogen-bond acceptors (Lipinski definition) is 3. The largest absolute Gasteiger partial charge is 0.481 e. The van der Waals surface area contributed by atoms with Gasteiger partial charge in [-0.3, -0.25) is 9.59 Å². The fourth-order valence-corrected chi connectivity index (χ4v) is 3.10. The van der Waals surface area contributed by atoms with E-state index in [1.165, 1.54) is 0 Å². The summed E-state index contributed by atoms with van der Waals surface area (Å²) in [6.07, 6.45) is 2.07. The zero-order chi connectivity index (χ0) is 16.4. The minimum Gasteiger partial charge on any atom is -0.481 e. The van der Waals surface area contributed by atoms with Crippen LogP contribution in [0.15, 0.2) is 18.2 Å². The molecule has 0 unspecified atom stereocenters. The van der Waals surface area contributed by atoms with Crippen molar-refractivity contribution in [3.05, 3.63) is 29.6 Å². The van der Waals surface area contributed by atoms with Gasteiger partial charge in [-0.15, -0.1) is 0 Å². The molecular weight excluding hydrogens is 294 g/mol. The van der Waals surface area contributed by atoms with E-state index in [9.17, 15) is 9.59 Å². The number of aryl methyl sites for hydroxylation is 2. The molecule has 6 nitrogen and oxygen atoms in total. The highest BCUT2D eigenvalue weighted by molar-refractivity contribution is 5.79. The minimum absolute atomic E-state index is 0.0750. The summed E-state index contributed by atoms with van der Waals surface area (Å²) in [5, 5.41) is 8.99. The number of amides is 1. The van der Waals surface area contributed by atoms with Gasteiger partial charge in [-0.25, -0.2) is 4.98 Å². The number of carboxylic acid groups (broad SMARTS) is 1. The zero-order valence-corrected chi connectivity index (χ0v) is 13.2. The number of rotatable bonds is 4. The van der Waals surface area contributed by atoms with Crippen LogP contribution in [0, 0.1) is 12.8 Å². The fraction of sp³-hybridized carbons (Fsp3) is 0.471. The maximum atomic E-state index is 12.3. The second kappa shape index (κ2) is 6.40. The van der Waals surface area contributed by atoms with E-state index >= 15 is 0 Å². The number of aromatic nitrogens is 2. The lowest BCUT2D eigenvalue weighted by molar-refractivity contribution is -0.145. The Morgan fingerprint density at radius 3 is 2.74 bits per heavy atom. The molecule has 1 saturated heterocycles. The number of carbonyl (C=O) groups is 2. The summed E-state index contributed by atoms with van der Waals surface area (Å²) in [7, 11) is 0. The number of aliphatic carboxylic acids is 1. The molecule has 6 heteroatoms. The summed E-state index contributed by atoms with van der Waals surface area (Å²) in [6.45, 7) is 3.09. The lowest BCUT2D eigenvalue weighted by Gasteiger charge is -2.30. The molecule has 2 heterocycles. The molecule has 2 aromatic rings. The Hall–Kier alpha value is -2.37. The average molecular weight is 315 g/mol. The van der Waals surface area contributed by atoms with E-state index in [1.807, 2.05) is 25.1 Å². The third kappa shape index (κ3) is 3.36. The van der Waals surface area contributed by atoms with E-state index in [-0.39, 0.29) is 11.8 Å². The number of aromatic amines is 1. The number of fused-ring (bicyclic) bond motifs is 1. The summed E-state index contributed by atoms with van der Waals surface area (Å²) in [4.78, 5) is 32.8. The highest BCUT2D eigenvalue weighted by Crippen LogP contribution is 2.19. The number of nitrogens with one attached hydrogen (secondary N) is 1. The molecule has 3 rings (SSSR count). The van der Waals surface area contributed by atoms with Crippen molar-refractivity contribution in [1.29, 1.82) is 0 Å². The Morgan fingerprint density at radius 2 is 2.09 bits per heavy atom. The molecule has 0 bridgehead atoms. The summed E-state index contributed by atoms with van der Waals surface area (Å²) >= 11 is 0. The van der Waals surface area contributed by atoms with Crippen molar-refractivity contribution in [2.45, 2.75) is 32.6 Å². The summed E-state index contributed by atoms with van der Waals surface area (Å²) < 4.78 is 0. The first-order chi connectivity index (χ1) is 11.0. The maximum Gasteiger partial charge on any atom is 0.306 e. The van der Waals surface area contributed by atoms with E-state index in [4.69, 9.17) is 5.11 Å². The Kier molecular flexibility index (Phi) is 4.32. The molecule has 1 aliphatic rings. The molecule has 122 valence electrons. The molecule has 1 aliphatic heterocycles. The van der Waals surface area contributed by atoms with Crippen LogP contribution in [0.3, 0.4) is 0 Å². The SMILES string of the molecule is Cc1cccc2[nH]c(CCC(=O)N3CCC(C(=O)O)CC3)nc12. The van der Waals surface area contributed by atoms with Crippen molar-refractivity contribution >= 4 is 22.9 Å². The lowest BCUT2D eigenvalue weighted by Crippen LogP contribution is -2.40. The number of para-hydroxylation sites is 1. The Labute approximate surface area is 134 Å². The van der Waals surface area contributed by atoms with Crippen LogP contribution in [0.2, 0.25) is 0 Å². The number of carbonyl (C=O) groups excluding carboxylic acids is 1. The summed E-state index contributed by atoms with van der Waals surface area (Å²) in [6, 6.07) is 5.99. The molecule has 1 aromatic carbocycles. The first kappa shape index (κ1) is 15.5. The zero-order valence-electron chi connectivity index (χ0n) is 13.2. The number of piperidine rings is 1. The van der Waals surface area contributed by atoms with Gasteiger partial charge in [0.05, 0.1) is 17.0 Å². The molecule has 23 heavy (non-hydrogen) atoms. The predicted molar refractivity (Wildman–Crippen MR) is 86.1 cm³/mol. The van der Waals surface area contributed by atoms with Crippen LogP contribution < -0.4 is 0 Å². The number of carboxylic acids is 1. The van der Waals surface area contributed by atoms with E-state index in [1.54, 1.807) is 4.90 Å². The predicted octanol–water partition coefficient (Wildman–Crippen LogP) is 2.13. The number of H-pyrrole nitrogens is 1. The molecule has 1 fully saturated rings. The highest BCUT2D eigenvalue weighted by Gasteiger charge is 2.26. The second-order valence-electron chi connectivity index (χ2n) is 6.15. The van der Waals surface area contributed by atoms with Crippen molar-refractivity contribution in [3.63, 3.8) is 0 Å². The van der Waals surface area contributed by atoms with E-state index in [0.29, 0.717) is 38.8 Å². The van der Waals surface area contributed by atoms with E-state index in [2.05, 4.69) is 9.97 Å². The van der Waals surface area contributed by atoms with Gasteiger partial charge in [-0.2, -0.15) is 0 Å². The van der Waals surface area contributed by atoms with Crippen molar-refractivity contribution in [2.75, 3.05) is 13.1 Å². The van der Waals surface area contributed by atoms with Gasteiger partial charge in [-0.05, 0) is 31.4 Å². The molecule has 1 amide bonds. The molecule has 0 aliphatic carbocycles. The quantitative estimate of drug-likeness (QED) is 0.905. The molecule has 2 N–H and O–H groups in total. The van der Waals surface area contributed by atoms with Crippen LogP contribution in [0.1, 0.15) is 30.7 Å². The van der Waals surface area contributed by atoms with E-state index < -0.39 is 5.97 Å². The van der Waals surface area contributed by atoms with Crippen molar-refractivity contribution in [1.82, 2.24) is 14.9 Å². The third-order valence-corrected chi connectivity index (χ3v) is 4.54. The Balaban J connectivity index is 1.56. The second-order valence-corrected chi connectivity index (χ2v) is 6.15. The van der Waals surface area contributed by atoms with Gasteiger partial charge < -0.3 is 15.0 Å². The van der Waals surface area contributed by atoms with Crippen LogP contribution in [-0.2, 0) is 16.0 Å². The van der Waals surface area contributed by atoms with Gasteiger partial charge in [-0.1, -0.05) is 12.1 Å². The Morgan fingerprint density at radius 1 is 1.35 bits per heavy atom. The van der Waals surface area contributed by atoms with Gasteiger partial charge in [0.15, 0.2) is 0 Å². The lowest BCUT2D eigenvalue weighted by atomic mass is 9.97. The molecule has 0 spiro atoms. The number of benzene rings is 1. The van der Waals surface area contributed by atoms with Crippen molar-refractivity contribution < 1.29 is 14.7 Å². The van der Waals surface area contributed by atoms with Crippen molar-refractivity contribution in [2.24, 2.45) is 5.92 Å². The molecular formula is C17H21N3O3. The van der Waals surface area contributed by atoms with Gasteiger partial charge >= 0.3 is 5.97 Å². The van der Waals surface area contributed by atoms with Gasteiger partial charge in [0.25, 0.3) is 0 Å². The first-order valence-electron chi connectivity index (χ1n) is 7.99. The minimum atomic E-state index is -0.755.